The van der Waals surface area contributed by atoms with Crippen LogP contribution in [-0.4, -0.2) is 25.6 Å². The predicted octanol–water partition coefficient (Wildman–Crippen LogP) is -0.0700. The topological polar surface area (TPSA) is 46.5 Å². The molecule has 0 rings (SSSR count). The molecule has 0 aliphatic carbocycles. The van der Waals surface area contributed by atoms with Crippen LogP contribution in [0.1, 0.15) is 0 Å². The van der Waals surface area contributed by atoms with Crippen LogP contribution in [0.4, 0.5) is 4.79 Å². The average Bonchev–Trinajstić information content (AvgIpc) is 1.35. The summed E-state index contributed by atoms with van der Waals surface area (Å²) in [5.41, 5.74) is 0. The third kappa shape index (κ3) is 3.49. The van der Waals surface area contributed by atoms with Crippen molar-refractivity contribution in [1.82, 2.24) is 0 Å². The van der Waals surface area contributed by atoms with E-state index >= 15 is 0 Å². The van der Waals surface area contributed by atoms with Crippen LogP contribution in [-0.2, 0) is 4.65 Å². The van der Waals surface area contributed by atoms with E-state index < -0.39 is 5.87 Å². The molecule has 33 valence electrons. The van der Waals surface area contributed by atoms with Crippen LogP contribution in [0, 0.1) is 0 Å². The van der Waals surface area contributed by atoms with Gasteiger partial charge in [-0.05, 0) is 0 Å². The van der Waals surface area contributed by atoms with E-state index in [0.717, 1.165) is 0 Å². The molecule has 0 spiro atoms. The van der Waals surface area contributed by atoms with Gasteiger partial charge in [0, 0.05) is 7.11 Å². The van der Waals surface area contributed by atoms with Gasteiger partial charge in [0.05, 0.1) is 0 Å². The largest absolute Gasteiger partial charge is 0.487 e. The fraction of sp³-hybridized carbons (Fsp3) is 0.500. The molecule has 0 heterocycles. The van der Waals surface area contributed by atoms with Crippen LogP contribution in [0.25, 0.3) is 0 Å². The Hall–Kier alpha value is -0.505. The van der Waals surface area contributed by atoms with Gasteiger partial charge in [0.25, 0.3) is 5.87 Å². The molecule has 3 nitrogen and oxygen atoms in total. The molecule has 0 saturated carbocycles. The first-order chi connectivity index (χ1) is 2.77. The Balaban J connectivity index is 2.83. The summed E-state index contributed by atoms with van der Waals surface area (Å²) in [5, 5.41) is 7.73. The molecular formula is C2H4BO3. The minimum absolute atomic E-state index is 0.708. The molecule has 0 fully saturated rings. The third-order valence-electron chi connectivity index (χ3n) is 0.219. The Morgan fingerprint density at radius 3 is 2.50 bits per heavy atom. The Kier molecular flexibility index (Phi) is 2.49. The molecule has 4 heteroatoms. The standard InChI is InChI=1S/C2H4BO3/c1-6-3-2(4)5/h1H3,(H,4,5). The van der Waals surface area contributed by atoms with Gasteiger partial charge in [-0.3, -0.25) is 4.79 Å². The van der Waals surface area contributed by atoms with Gasteiger partial charge >= 0.3 is 7.48 Å². The van der Waals surface area contributed by atoms with E-state index in [0.29, 0.717) is 7.48 Å². The average molecular weight is 86.9 g/mol. The second-order valence-electron chi connectivity index (χ2n) is 0.692. The van der Waals surface area contributed by atoms with Gasteiger partial charge in [-0.2, -0.15) is 0 Å². The lowest BCUT2D eigenvalue weighted by atomic mass is 10.0. The molecule has 0 bridgehead atoms. The van der Waals surface area contributed by atoms with Crippen LogP contribution in [0.15, 0.2) is 0 Å². The fourth-order valence-electron chi connectivity index (χ4n) is 0.101. The monoisotopic (exact) mass is 87.0 g/mol. The molecule has 0 aromatic carbocycles. The van der Waals surface area contributed by atoms with Crippen LogP contribution in [0.5, 0.6) is 0 Å². The quantitative estimate of drug-likeness (QED) is 0.479. The van der Waals surface area contributed by atoms with E-state index in [9.17, 15) is 4.79 Å². The second-order valence-corrected chi connectivity index (χ2v) is 0.692. The normalized spacial score (nSPS) is 7.50. The summed E-state index contributed by atoms with van der Waals surface area (Å²) in [7, 11) is 1.99. The Labute approximate surface area is 36.2 Å². The molecule has 0 saturated heterocycles. The van der Waals surface area contributed by atoms with Crippen molar-refractivity contribution in [1.29, 1.82) is 0 Å². The molecule has 0 atom stereocenters. The first-order valence-corrected chi connectivity index (χ1v) is 1.36. The minimum atomic E-state index is -1.06. The van der Waals surface area contributed by atoms with Gasteiger partial charge < -0.3 is 9.76 Å². The Morgan fingerprint density at radius 2 is 2.50 bits per heavy atom. The lowest BCUT2D eigenvalue weighted by Gasteiger charge is -1.80. The smallest absolute Gasteiger partial charge is 0.435 e. The SMILES string of the molecule is CO[B]C(=O)O. The lowest BCUT2D eigenvalue weighted by Crippen LogP contribution is -2.06. The summed E-state index contributed by atoms with van der Waals surface area (Å²) in [6.45, 7) is 0. The molecule has 0 amide bonds. The Morgan fingerprint density at radius 1 is 2.00 bits per heavy atom. The second kappa shape index (κ2) is 2.72. The van der Waals surface area contributed by atoms with Crippen LogP contribution in [0.3, 0.4) is 0 Å². The van der Waals surface area contributed by atoms with Crippen LogP contribution >= 0.6 is 0 Å². The van der Waals surface area contributed by atoms with E-state index in [2.05, 4.69) is 4.65 Å². The summed E-state index contributed by atoms with van der Waals surface area (Å²) in [4.78, 5) is 9.42. The zero-order valence-corrected chi connectivity index (χ0v) is 3.34. The number of hydrogen-bond donors (Lipinski definition) is 1. The zero-order valence-electron chi connectivity index (χ0n) is 3.34. The van der Waals surface area contributed by atoms with Crippen molar-refractivity contribution in [3.05, 3.63) is 0 Å². The van der Waals surface area contributed by atoms with E-state index in [1.807, 2.05) is 0 Å². The van der Waals surface area contributed by atoms with Gasteiger partial charge in [-0.15, -0.1) is 0 Å². The van der Waals surface area contributed by atoms with Crippen molar-refractivity contribution in [2.24, 2.45) is 0 Å². The highest BCUT2D eigenvalue weighted by molar-refractivity contribution is 6.66. The molecule has 0 aromatic rings. The lowest BCUT2D eigenvalue weighted by molar-refractivity contribution is 0.215. The van der Waals surface area contributed by atoms with E-state index in [1.165, 1.54) is 7.11 Å². The fourth-order valence-corrected chi connectivity index (χ4v) is 0.101. The highest BCUT2D eigenvalue weighted by Crippen LogP contribution is 1.61. The van der Waals surface area contributed by atoms with E-state index in [4.69, 9.17) is 5.11 Å². The van der Waals surface area contributed by atoms with Crippen molar-refractivity contribution in [2.75, 3.05) is 7.11 Å². The van der Waals surface area contributed by atoms with Gasteiger partial charge in [0.2, 0.25) is 0 Å². The highest BCUT2D eigenvalue weighted by atomic mass is 16.4. The Bertz CT molecular complexity index is 52.8. The summed E-state index contributed by atoms with van der Waals surface area (Å²) >= 11 is 0. The van der Waals surface area contributed by atoms with Crippen LogP contribution < -0.4 is 0 Å². The summed E-state index contributed by atoms with van der Waals surface area (Å²) < 4.78 is 4.08. The van der Waals surface area contributed by atoms with Crippen molar-refractivity contribution >= 4 is 13.4 Å². The van der Waals surface area contributed by atoms with Crippen molar-refractivity contribution in [3.8, 4) is 0 Å². The molecule has 0 unspecified atom stereocenters. The van der Waals surface area contributed by atoms with Gasteiger partial charge in [-0.25, -0.2) is 0 Å². The molecule has 0 aliphatic rings. The van der Waals surface area contributed by atoms with Gasteiger partial charge in [-0.1, -0.05) is 0 Å². The molecule has 0 aromatic heterocycles. The maximum Gasteiger partial charge on any atom is 0.435 e. The number of carbonyl (C=O) groups is 1. The third-order valence-corrected chi connectivity index (χ3v) is 0.219. The van der Waals surface area contributed by atoms with Crippen molar-refractivity contribution in [3.63, 3.8) is 0 Å². The van der Waals surface area contributed by atoms with Crippen molar-refractivity contribution < 1.29 is 14.6 Å². The van der Waals surface area contributed by atoms with Crippen LogP contribution in [0.2, 0.25) is 0 Å². The minimum Gasteiger partial charge on any atom is -0.487 e. The van der Waals surface area contributed by atoms with E-state index in [-0.39, 0.29) is 0 Å². The maximum atomic E-state index is 9.42. The first-order valence-electron chi connectivity index (χ1n) is 1.36. The van der Waals surface area contributed by atoms with Gasteiger partial charge in [0.15, 0.2) is 0 Å². The number of carboxylic acid groups (broad SMARTS) is 1. The molecule has 1 radical (unpaired) electrons. The maximum absolute atomic E-state index is 9.42. The van der Waals surface area contributed by atoms with Crippen molar-refractivity contribution in [2.45, 2.75) is 0 Å². The number of rotatable bonds is 2. The number of hydrogen-bond acceptors (Lipinski definition) is 2. The molecular weight excluding hydrogens is 82.8 g/mol. The molecule has 6 heavy (non-hydrogen) atoms. The highest BCUT2D eigenvalue weighted by Gasteiger charge is 1.95. The van der Waals surface area contributed by atoms with Gasteiger partial charge in [0.1, 0.15) is 0 Å². The predicted molar refractivity (Wildman–Crippen MR) is 20.8 cm³/mol. The summed E-state index contributed by atoms with van der Waals surface area (Å²) in [6.07, 6.45) is 0. The first kappa shape index (κ1) is 5.49. The summed E-state index contributed by atoms with van der Waals surface area (Å²) in [5.74, 6) is -1.06. The van der Waals surface area contributed by atoms with E-state index in [1.54, 1.807) is 0 Å². The molecule has 0 aliphatic heterocycles. The molecule has 1 N–H and O–H groups in total. The summed E-state index contributed by atoms with van der Waals surface area (Å²) in [6, 6.07) is 0. The zero-order chi connectivity index (χ0) is 4.99.